The number of benzene rings is 2. The Labute approximate surface area is 181 Å². The molecule has 4 rings (SSSR count). The highest BCUT2D eigenvalue weighted by Crippen LogP contribution is 2.25. The van der Waals surface area contributed by atoms with Gasteiger partial charge in [0.25, 0.3) is 11.8 Å². The first-order chi connectivity index (χ1) is 14.9. The fraction of sp³-hybridized carbons (Fsp3) is 0.240. The molecular weight excluding hydrogens is 390 g/mol. The first-order valence-electron chi connectivity index (χ1n) is 10.3. The predicted molar refractivity (Wildman–Crippen MR) is 119 cm³/mol. The Morgan fingerprint density at radius 2 is 1.71 bits per heavy atom. The molecule has 1 aliphatic rings. The van der Waals surface area contributed by atoms with Crippen molar-refractivity contribution in [2.45, 2.75) is 26.5 Å². The highest BCUT2D eigenvalue weighted by molar-refractivity contribution is 6.01. The number of hydrogen-bond donors (Lipinski definition) is 2. The quantitative estimate of drug-likeness (QED) is 0.671. The van der Waals surface area contributed by atoms with E-state index in [4.69, 9.17) is 0 Å². The third-order valence-electron chi connectivity index (χ3n) is 5.40. The van der Waals surface area contributed by atoms with Crippen LogP contribution in [0.4, 0.5) is 0 Å². The Hall–Kier alpha value is -3.51. The molecule has 6 heteroatoms. The van der Waals surface area contributed by atoms with E-state index in [1.165, 1.54) is 0 Å². The van der Waals surface area contributed by atoms with Gasteiger partial charge < -0.3 is 15.3 Å². The molecule has 31 heavy (non-hydrogen) atoms. The number of nitrogens with zero attached hydrogens (tertiary/aromatic N) is 2. The van der Waals surface area contributed by atoms with Gasteiger partial charge in [0.15, 0.2) is 0 Å². The van der Waals surface area contributed by atoms with Crippen molar-refractivity contribution in [3.05, 3.63) is 88.7 Å². The average Bonchev–Trinajstić information content (AvgIpc) is 2.76. The van der Waals surface area contributed by atoms with Crippen LogP contribution in [0.3, 0.4) is 0 Å². The van der Waals surface area contributed by atoms with Crippen LogP contribution in [0.15, 0.2) is 60.8 Å². The maximum atomic E-state index is 12.9. The molecule has 0 unspecified atom stereocenters. The molecule has 2 aromatic carbocycles. The number of amides is 2. The van der Waals surface area contributed by atoms with E-state index in [1.54, 1.807) is 29.3 Å². The number of aryl methyl sites for hydroxylation is 2. The molecule has 0 aliphatic carbocycles. The molecule has 2 N–H and O–H groups in total. The maximum absolute atomic E-state index is 12.9. The van der Waals surface area contributed by atoms with Crippen LogP contribution < -0.4 is 5.32 Å². The van der Waals surface area contributed by atoms with Gasteiger partial charge in [-0.15, -0.1) is 0 Å². The van der Waals surface area contributed by atoms with Gasteiger partial charge in [0.2, 0.25) is 0 Å². The summed E-state index contributed by atoms with van der Waals surface area (Å²) >= 11 is 0. The van der Waals surface area contributed by atoms with Crippen molar-refractivity contribution in [3.63, 3.8) is 0 Å². The summed E-state index contributed by atoms with van der Waals surface area (Å²) in [5.74, 6) is -0.441. The van der Waals surface area contributed by atoms with Crippen LogP contribution in [0.5, 0.6) is 0 Å². The molecule has 1 fully saturated rings. The van der Waals surface area contributed by atoms with Crippen molar-refractivity contribution in [1.82, 2.24) is 15.2 Å². The summed E-state index contributed by atoms with van der Waals surface area (Å²) in [6.07, 6.45) is 1.26. The summed E-state index contributed by atoms with van der Waals surface area (Å²) in [6.45, 7) is 4.90. The number of aliphatic hydroxyl groups is 1. The molecule has 1 aliphatic heterocycles. The van der Waals surface area contributed by atoms with Gasteiger partial charge in [0.1, 0.15) is 0 Å². The van der Waals surface area contributed by atoms with Crippen molar-refractivity contribution in [3.8, 4) is 11.1 Å². The molecule has 2 heterocycles. The summed E-state index contributed by atoms with van der Waals surface area (Å²) in [7, 11) is 0. The number of carbonyl (C=O) groups excluding carboxylic acids is 2. The number of β-amino-alcohol motifs (C(OH)–C–C–N with tert-alkyl or cyclic N) is 1. The zero-order valence-corrected chi connectivity index (χ0v) is 17.6. The first-order valence-corrected chi connectivity index (χ1v) is 10.3. The van der Waals surface area contributed by atoms with Gasteiger partial charge in [0, 0.05) is 42.7 Å². The minimum Gasteiger partial charge on any atom is -0.389 e. The van der Waals surface area contributed by atoms with E-state index in [1.807, 2.05) is 50.2 Å². The van der Waals surface area contributed by atoms with Gasteiger partial charge >= 0.3 is 0 Å². The molecule has 0 radical (unpaired) electrons. The third kappa shape index (κ3) is 4.81. The number of carbonyl (C=O) groups is 2. The lowest BCUT2D eigenvalue weighted by Crippen LogP contribution is -2.53. The van der Waals surface area contributed by atoms with Crippen molar-refractivity contribution < 1.29 is 14.7 Å². The summed E-state index contributed by atoms with van der Waals surface area (Å²) in [5.41, 5.74) is 5.54. The van der Waals surface area contributed by atoms with Gasteiger partial charge in [0.05, 0.1) is 6.10 Å². The highest BCUT2D eigenvalue weighted by atomic mass is 16.3. The number of aromatic nitrogens is 1. The number of pyridine rings is 1. The molecular formula is C25H25N3O3. The second-order valence-electron chi connectivity index (χ2n) is 8.02. The molecule has 2 amide bonds. The van der Waals surface area contributed by atoms with Gasteiger partial charge in [-0.1, -0.05) is 35.9 Å². The molecule has 6 nitrogen and oxygen atoms in total. The normalized spacial score (nSPS) is 13.6. The van der Waals surface area contributed by atoms with E-state index >= 15 is 0 Å². The summed E-state index contributed by atoms with van der Waals surface area (Å²) in [4.78, 5) is 31.6. The van der Waals surface area contributed by atoms with E-state index in [0.29, 0.717) is 30.8 Å². The van der Waals surface area contributed by atoms with Crippen LogP contribution in [0.1, 0.15) is 37.5 Å². The number of likely N-dealkylation sites (tertiary alicyclic amines) is 1. The second kappa shape index (κ2) is 8.70. The summed E-state index contributed by atoms with van der Waals surface area (Å²) in [5, 5.41) is 12.5. The topological polar surface area (TPSA) is 82.5 Å². The monoisotopic (exact) mass is 415 g/mol. The molecule has 0 atom stereocenters. The van der Waals surface area contributed by atoms with Crippen LogP contribution >= 0.6 is 0 Å². The molecule has 3 aromatic rings. The fourth-order valence-corrected chi connectivity index (χ4v) is 3.49. The van der Waals surface area contributed by atoms with Gasteiger partial charge in [-0.2, -0.15) is 0 Å². The minimum atomic E-state index is -0.477. The molecule has 1 aromatic heterocycles. The number of aliphatic hydroxyl groups excluding tert-OH is 1. The largest absolute Gasteiger partial charge is 0.389 e. The van der Waals surface area contributed by atoms with Crippen molar-refractivity contribution >= 4 is 11.8 Å². The Kier molecular flexibility index (Phi) is 5.82. The van der Waals surface area contributed by atoms with E-state index in [0.717, 1.165) is 27.9 Å². The van der Waals surface area contributed by atoms with Crippen molar-refractivity contribution in [2.75, 3.05) is 13.1 Å². The third-order valence-corrected chi connectivity index (χ3v) is 5.40. The van der Waals surface area contributed by atoms with Gasteiger partial charge in [-0.25, -0.2) is 0 Å². The molecule has 0 bridgehead atoms. The average molecular weight is 415 g/mol. The molecule has 0 saturated carbocycles. The first kappa shape index (κ1) is 20.8. The summed E-state index contributed by atoms with van der Waals surface area (Å²) < 4.78 is 0. The molecule has 1 saturated heterocycles. The second-order valence-corrected chi connectivity index (χ2v) is 8.02. The smallest absolute Gasteiger partial charge is 0.254 e. The van der Waals surface area contributed by atoms with E-state index in [9.17, 15) is 14.7 Å². The Morgan fingerprint density at radius 3 is 2.35 bits per heavy atom. The minimum absolute atomic E-state index is 0.184. The lowest BCUT2D eigenvalue weighted by Gasteiger charge is -2.36. The zero-order valence-electron chi connectivity index (χ0n) is 17.6. The van der Waals surface area contributed by atoms with Gasteiger partial charge in [-0.3, -0.25) is 14.6 Å². The van der Waals surface area contributed by atoms with Crippen LogP contribution in [-0.2, 0) is 6.54 Å². The van der Waals surface area contributed by atoms with Crippen LogP contribution in [0.25, 0.3) is 11.1 Å². The van der Waals surface area contributed by atoms with Crippen LogP contribution in [0.2, 0.25) is 0 Å². The Morgan fingerprint density at radius 1 is 1.00 bits per heavy atom. The lowest BCUT2D eigenvalue weighted by molar-refractivity contribution is 0.00589. The maximum Gasteiger partial charge on any atom is 0.254 e. The van der Waals surface area contributed by atoms with Crippen LogP contribution in [-0.4, -0.2) is 46.0 Å². The molecule has 0 spiro atoms. The number of hydrogen-bond acceptors (Lipinski definition) is 4. The van der Waals surface area contributed by atoms with E-state index in [-0.39, 0.29) is 11.8 Å². The Balaban J connectivity index is 1.61. The standard InChI is InChI=1S/C25H25N3O3/c1-16-3-7-19(8-4-16)20-9-21(11-22(10-20)25(31)28-14-23(29)15-28)24(30)27-13-18-6-5-17(2)26-12-18/h3-12,23,29H,13-15H2,1-2H3,(H,27,30). The van der Waals surface area contributed by atoms with Crippen molar-refractivity contribution in [1.29, 1.82) is 0 Å². The molecule has 158 valence electrons. The number of rotatable bonds is 5. The predicted octanol–water partition coefficient (Wildman–Crippen LogP) is 3.11. The SMILES string of the molecule is Cc1ccc(-c2cc(C(=O)NCc3ccc(C)nc3)cc(C(=O)N3CC(O)C3)c2)cc1. The van der Waals surface area contributed by atoms with Crippen molar-refractivity contribution in [2.24, 2.45) is 0 Å². The van der Waals surface area contributed by atoms with Crippen LogP contribution in [0, 0.1) is 13.8 Å². The highest BCUT2D eigenvalue weighted by Gasteiger charge is 2.30. The lowest BCUT2D eigenvalue weighted by atomic mass is 9.97. The number of nitrogens with one attached hydrogen (secondary N) is 1. The van der Waals surface area contributed by atoms with E-state index < -0.39 is 6.10 Å². The Bertz CT molecular complexity index is 1100. The summed E-state index contributed by atoms with van der Waals surface area (Å²) in [6, 6.07) is 17.0. The fourth-order valence-electron chi connectivity index (χ4n) is 3.49. The van der Waals surface area contributed by atoms with E-state index in [2.05, 4.69) is 10.3 Å². The van der Waals surface area contributed by atoms with Gasteiger partial charge in [-0.05, 0) is 54.8 Å². The zero-order chi connectivity index (χ0) is 22.0.